The van der Waals surface area contributed by atoms with Gasteiger partial charge in [-0.2, -0.15) is 26.7 Å². The third-order valence-electron chi connectivity index (χ3n) is 5.24. The summed E-state index contributed by atoms with van der Waals surface area (Å²) in [7, 11) is -3.94. The molecule has 12 heteroatoms. The summed E-state index contributed by atoms with van der Waals surface area (Å²) in [6.07, 6.45) is -1.16. The molecule has 0 spiro atoms. The van der Waals surface area contributed by atoms with Crippen molar-refractivity contribution in [2.75, 3.05) is 6.26 Å². The van der Waals surface area contributed by atoms with E-state index in [0.717, 1.165) is 37.7 Å². The average molecular weight is 470 g/mol. The van der Waals surface area contributed by atoms with Crippen LogP contribution < -0.4 is 9.74 Å². The van der Waals surface area contributed by atoms with Crippen molar-refractivity contribution in [2.45, 2.75) is 45.5 Å². The van der Waals surface area contributed by atoms with Gasteiger partial charge in [-0.15, -0.1) is 0 Å². The van der Waals surface area contributed by atoms with Gasteiger partial charge in [0.2, 0.25) is 0 Å². The van der Waals surface area contributed by atoms with Crippen molar-refractivity contribution in [2.24, 2.45) is 0 Å². The monoisotopic (exact) mass is 470 g/mol. The zero-order valence-electron chi connectivity index (χ0n) is 17.4. The second-order valence-corrected chi connectivity index (χ2v) is 9.29. The number of fused-ring (bicyclic) bond motifs is 1. The number of hydrogen-bond donors (Lipinski definition) is 0. The molecule has 8 nitrogen and oxygen atoms in total. The predicted molar refractivity (Wildman–Crippen MR) is 110 cm³/mol. The smallest absolute Gasteiger partial charge is 0.360 e. The van der Waals surface area contributed by atoms with E-state index in [0.29, 0.717) is 30.0 Å². The Morgan fingerprint density at radius 2 is 1.66 bits per heavy atom. The summed E-state index contributed by atoms with van der Waals surface area (Å²) >= 11 is 0. The fourth-order valence-corrected chi connectivity index (χ4v) is 4.23. The minimum Gasteiger partial charge on any atom is -0.360 e. The molecule has 172 valence electrons. The lowest BCUT2D eigenvalue weighted by Crippen LogP contribution is -2.23. The number of hydrogen-bond acceptors (Lipinski definition) is 5. The molecule has 0 bridgehead atoms. The van der Waals surface area contributed by atoms with Crippen LogP contribution in [0.2, 0.25) is 0 Å². The van der Waals surface area contributed by atoms with Crippen molar-refractivity contribution in [3.8, 4) is 22.8 Å². The molecule has 0 N–H and O–H groups in total. The Bertz CT molecular complexity index is 1320. The summed E-state index contributed by atoms with van der Waals surface area (Å²) in [6.45, 7) is 2.48. The molecule has 0 atom stereocenters. The molecule has 1 aliphatic rings. The van der Waals surface area contributed by atoms with Crippen LogP contribution in [0.25, 0.3) is 16.9 Å². The number of benzene rings is 1. The fraction of sp³-hybridized carbons (Fsp3) is 0.400. The normalized spacial score (nSPS) is 14.8. The van der Waals surface area contributed by atoms with Crippen LogP contribution in [0.5, 0.6) is 5.88 Å². The van der Waals surface area contributed by atoms with Crippen molar-refractivity contribution in [1.82, 2.24) is 19.1 Å². The fourth-order valence-electron chi connectivity index (χ4n) is 3.78. The summed E-state index contributed by atoms with van der Waals surface area (Å²) < 4.78 is 71.9. The summed E-state index contributed by atoms with van der Waals surface area (Å²) in [5.74, 6) is -0.121. The van der Waals surface area contributed by atoms with Crippen LogP contribution in [0.15, 0.2) is 35.1 Å². The number of aryl methyl sites for hydroxylation is 1. The first kappa shape index (κ1) is 22.2. The molecule has 0 saturated carbocycles. The molecule has 1 aliphatic heterocycles. The summed E-state index contributed by atoms with van der Waals surface area (Å²) in [5.41, 5.74) is -0.0188. The standard InChI is InChI=1S/C20H21F3N4O4S/c1-13-12-16(14-6-8-15(9-7-14)20(21,22)23)24-27(13)17-18(28)25-10-4-3-5-11-26(25)19(17)31-32(2,29)30/h6-9,12H,3-5,10-11H2,1-2H3. The van der Waals surface area contributed by atoms with Gasteiger partial charge in [0.25, 0.3) is 11.4 Å². The lowest BCUT2D eigenvalue weighted by Gasteiger charge is -2.11. The molecule has 3 heterocycles. The Morgan fingerprint density at radius 3 is 2.25 bits per heavy atom. The molecule has 0 saturated heterocycles. The van der Waals surface area contributed by atoms with E-state index in [9.17, 15) is 26.4 Å². The van der Waals surface area contributed by atoms with Gasteiger partial charge in [0.1, 0.15) is 0 Å². The predicted octanol–water partition coefficient (Wildman–Crippen LogP) is 3.35. The molecule has 0 unspecified atom stereocenters. The van der Waals surface area contributed by atoms with E-state index in [2.05, 4.69) is 5.10 Å². The van der Waals surface area contributed by atoms with E-state index in [4.69, 9.17) is 4.18 Å². The van der Waals surface area contributed by atoms with Crippen molar-refractivity contribution in [3.63, 3.8) is 0 Å². The summed E-state index contributed by atoms with van der Waals surface area (Å²) in [5, 5.41) is 4.39. The van der Waals surface area contributed by atoms with Gasteiger partial charge in [-0.1, -0.05) is 12.1 Å². The first-order chi connectivity index (χ1) is 15.0. The SMILES string of the molecule is Cc1cc(-c2ccc(C(F)(F)F)cc2)nn1-c1c(OS(C)(=O)=O)n2n(c1=O)CCCCC2. The summed E-state index contributed by atoms with van der Waals surface area (Å²) in [6, 6.07) is 6.11. The van der Waals surface area contributed by atoms with Crippen molar-refractivity contribution >= 4 is 10.1 Å². The van der Waals surface area contributed by atoms with E-state index >= 15 is 0 Å². The van der Waals surface area contributed by atoms with Crippen LogP contribution in [0.3, 0.4) is 0 Å². The Morgan fingerprint density at radius 1 is 1.03 bits per heavy atom. The first-order valence-corrected chi connectivity index (χ1v) is 11.7. The van der Waals surface area contributed by atoms with Crippen LogP contribution in [0.1, 0.15) is 30.5 Å². The van der Waals surface area contributed by atoms with Crippen LogP contribution in [0.4, 0.5) is 13.2 Å². The number of alkyl halides is 3. The van der Waals surface area contributed by atoms with Gasteiger partial charge in [0, 0.05) is 24.3 Å². The zero-order valence-corrected chi connectivity index (χ0v) is 18.2. The van der Waals surface area contributed by atoms with Gasteiger partial charge < -0.3 is 4.18 Å². The van der Waals surface area contributed by atoms with Gasteiger partial charge in [0.15, 0.2) is 5.69 Å². The first-order valence-electron chi connectivity index (χ1n) is 9.93. The molecular weight excluding hydrogens is 449 g/mol. The largest absolute Gasteiger partial charge is 0.416 e. The van der Waals surface area contributed by atoms with Crippen molar-refractivity contribution < 1.29 is 25.8 Å². The highest BCUT2D eigenvalue weighted by Gasteiger charge is 2.31. The third kappa shape index (κ3) is 4.18. The molecule has 1 aromatic carbocycles. The minimum atomic E-state index is -4.45. The molecule has 0 radical (unpaired) electrons. The van der Waals surface area contributed by atoms with Crippen LogP contribution in [-0.4, -0.2) is 33.8 Å². The van der Waals surface area contributed by atoms with Gasteiger partial charge in [-0.25, -0.2) is 14.0 Å². The number of nitrogens with zero attached hydrogens (tertiary/aromatic N) is 4. The molecule has 0 aliphatic carbocycles. The zero-order chi connectivity index (χ0) is 23.3. The van der Waals surface area contributed by atoms with Crippen LogP contribution in [0, 0.1) is 6.92 Å². The molecule has 32 heavy (non-hydrogen) atoms. The number of halogens is 3. The number of rotatable bonds is 4. The molecule has 3 aromatic rings. The molecule has 0 amide bonds. The van der Waals surface area contributed by atoms with Gasteiger partial charge >= 0.3 is 16.3 Å². The Kier molecular flexibility index (Phi) is 5.43. The van der Waals surface area contributed by atoms with Crippen LogP contribution in [-0.2, 0) is 29.4 Å². The van der Waals surface area contributed by atoms with Crippen LogP contribution >= 0.6 is 0 Å². The highest BCUT2D eigenvalue weighted by Crippen LogP contribution is 2.32. The average Bonchev–Trinajstić information content (AvgIpc) is 3.05. The Labute approximate surface area is 181 Å². The number of aromatic nitrogens is 4. The lowest BCUT2D eigenvalue weighted by molar-refractivity contribution is -0.137. The quantitative estimate of drug-likeness (QED) is 0.546. The molecule has 4 rings (SSSR count). The molecular formula is C20H21F3N4O4S. The lowest BCUT2D eigenvalue weighted by atomic mass is 10.1. The molecule has 0 fully saturated rings. The van der Waals surface area contributed by atoms with E-state index in [1.165, 1.54) is 26.2 Å². The van der Waals surface area contributed by atoms with Gasteiger partial charge in [-0.05, 0) is 44.4 Å². The van der Waals surface area contributed by atoms with Gasteiger partial charge in [0.05, 0.1) is 17.5 Å². The third-order valence-corrected chi connectivity index (χ3v) is 5.70. The minimum absolute atomic E-state index is 0.0482. The van der Waals surface area contributed by atoms with E-state index < -0.39 is 27.4 Å². The summed E-state index contributed by atoms with van der Waals surface area (Å²) in [4.78, 5) is 13.2. The maximum atomic E-state index is 13.2. The van der Waals surface area contributed by atoms with E-state index in [1.807, 2.05) is 0 Å². The van der Waals surface area contributed by atoms with Crippen molar-refractivity contribution in [1.29, 1.82) is 0 Å². The van der Waals surface area contributed by atoms with E-state index in [1.54, 1.807) is 13.0 Å². The maximum absolute atomic E-state index is 13.2. The second kappa shape index (κ2) is 7.84. The van der Waals surface area contributed by atoms with Crippen molar-refractivity contribution in [3.05, 3.63) is 51.9 Å². The van der Waals surface area contributed by atoms with E-state index in [-0.39, 0.29) is 11.6 Å². The Balaban J connectivity index is 1.84. The second-order valence-electron chi connectivity index (χ2n) is 7.71. The van der Waals surface area contributed by atoms with Gasteiger partial charge in [-0.3, -0.25) is 4.79 Å². The highest BCUT2D eigenvalue weighted by atomic mass is 32.2. The molecule has 2 aromatic heterocycles. The highest BCUT2D eigenvalue weighted by molar-refractivity contribution is 7.86. The maximum Gasteiger partial charge on any atom is 0.416 e. The topological polar surface area (TPSA) is 88.1 Å². The Hall–Kier alpha value is -3.02.